The van der Waals surface area contributed by atoms with E-state index in [4.69, 9.17) is 5.73 Å². The van der Waals surface area contributed by atoms with Gasteiger partial charge in [0.2, 0.25) is 0 Å². The van der Waals surface area contributed by atoms with Crippen LogP contribution in [0.25, 0.3) is 0 Å². The molecule has 0 spiro atoms. The number of rotatable bonds is 2. The molecule has 0 atom stereocenters. The third kappa shape index (κ3) is 1.60. The van der Waals surface area contributed by atoms with Crippen molar-refractivity contribution in [3.05, 3.63) is 24.3 Å². The molecule has 0 aliphatic carbocycles. The second-order valence-corrected chi connectivity index (χ2v) is 3.15. The van der Waals surface area contributed by atoms with E-state index in [-0.39, 0.29) is 0 Å². The predicted octanol–water partition coefficient (Wildman–Crippen LogP) is -0.381. The topological polar surface area (TPSA) is 55.0 Å². The van der Waals surface area contributed by atoms with Gasteiger partial charge in [0.15, 0.2) is 0 Å². The van der Waals surface area contributed by atoms with E-state index in [0.29, 0.717) is 6.04 Å². The first-order valence-electron chi connectivity index (χ1n) is 4.07. The van der Waals surface area contributed by atoms with Gasteiger partial charge in [0.25, 0.3) is 0 Å². The lowest BCUT2D eigenvalue weighted by Gasteiger charge is -2.36. The fourth-order valence-corrected chi connectivity index (χ4v) is 1.38. The molecule has 0 amide bonds. The third-order valence-electron chi connectivity index (χ3n) is 1.99. The second-order valence-electron chi connectivity index (χ2n) is 3.15. The summed E-state index contributed by atoms with van der Waals surface area (Å²) in [4.78, 5) is 10.4. The Morgan fingerprint density at radius 1 is 1.50 bits per heavy atom. The normalized spacial score (nSPS) is 19.1. The molecule has 2 rings (SSSR count). The molecular formula is C8H12N4. The van der Waals surface area contributed by atoms with Crippen molar-refractivity contribution in [1.29, 1.82) is 0 Å². The summed E-state index contributed by atoms with van der Waals surface area (Å²) in [7, 11) is 0. The molecule has 1 saturated heterocycles. The average Bonchev–Trinajstić information content (AvgIpc) is 2.04. The van der Waals surface area contributed by atoms with Crippen LogP contribution >= 0.6 is 0 Å². The molecule has 1 fully saturated rings. The summed E-state index contributed by atoms with van der Waals surface area (Å²) < 4.78 is 0. The van der Waals surface area contributed by atoms with Crippen LogP contribution in [-0.2, 0) is 6.54 Å². The molecule has 1 aliphatic rings. The van der Waals surface area contributed by atoms with Crippen molar-refractivity contribution in [1.82, 2.24) is 14.9 Å². The highest BCUT2D eigenvalue weighted by atomic mass is 15.2. The summed E-state index contributed by atoms with van der Waals surface area (Å²) in [6.45, 7) is 2.84. The van der Waals surface area contributed by atoms with Gasteiger partial charge in [-0.15, -0.1) is 0 Å². The maximum absolute atomic E-state index is 5.64. The molecule has 12 heavy (non-hydrogen) atoms. The Bertz CT molecular complexity index is 242. The molecule has 2 N–H and O–H groups in total. The Kier molecular flexibility index (Phi) is 2.01. The monoisotopic (exact) mass is 164 g/mol. The van der Waals surface area contributed by atoms with E-state index in [2.05, 4.69) is 14.9 Å². The number of nitrogens with two attached hydrogens (primary N) is 1. The fraction of sp³-hybridized carbons (Fsp3) is 0.500. The van der Waals surface area contributed by atoms with Crippen molar-refractivity contribution in [3.8, 4) is 0 Å². The van der Waals surface area contributed by atoms with Crippen molar-refractivity contribution < 1.29 is 0 Å². The van der Waals surface area contributed by atoms with E-state index >= 15 is 0 Å². The van der Waals surface area contributed by atoms with Crippen LogP contribution < -0.4 is 5.73 Å². The van der Waals surface area contributed by atoms with Gasteiger partial charge in [0.1, 0.15) is 0 Å². The fourth-order valence-electron chi connectivity index (χ4n) is 1.38. The van der Waals surface area contributed by atoms with Gasteiger partial charge in [-0.3, -0.25) is 14.9 Å². The van der Waals surface area contributed by atoms with Crippen molar-refractivity contribution in [2.24, 2.45) is 5.73 Å². The molecule has 1 aliphatic heterocycles. The lowest BCUT2D eigenvalue weighted by molar-refractivity contribution is 0.140. The zero-order valence-corrected chi connectivity index (χ0v) is 6.85. The molecule has 1 aromatic rings. The second kappa shape index (κ2) is 3.16. The quantitative estimate of drug-likeness (QED) is 0.647. The predicted molar refractivity (Wildman–Crippen MR) is 45.3 cm³/mol. The molecule has 64 valence electrons. The highest BCUT2D eigenvalue weighted by molar-refractivity contribution is 4.97. The van der Waals surface area contributed by atoms with Gasteiger partial charge in [0, 0.05) is 44.3 Å². The number of hydrogen-bond acceptors (Lipinski definition) is 4. The minimum Gasteiger partial charge on any atom is -0.325 e. The van der Waals surface area contributed by atoms with Gasteiger partial charge >= 0.3 is 0 Å². The van der Waals surface area contributed by atoms with Crippen LogP contribution in [0.3, 0.4) is 0 Å². The van der Waals surface area contributed by atoms with Crippen LogP contribution in [0.15, 0.2) is 18.6 Å². The van der Waals surface area contributed by atoms with Gasteiger partial charge in [0.05, 0.1) is 5.69 Å². The molecule has 2 heterocycles. The van der Waals surface area contributed by atoms with Crippen LogP contribution in [0.5, 0.6) is 0 Å². The number of likely N-dealkylation sites (tertiary alicyclic amines) is 1. The molecule has 0 unspecified atom stereocenters. The molecular weight excluding hydrogens is 152 g/mol. The summed E-state index contributed by atoms with van der Waals surface area (Å²) in [6, 6.07) is 0.363. The molecule has 0 radical (unpaired) electrons. The Morgan fingerprint density at radius 2 is 2.33 bits per heavy atom. The van der Waals surface area contributed by atoms with Gasteiger partial charge in [-0.05, 0) is 0 Å². The van der Waals surface area contributed by atoms with Crippen molar-refractivity contribution >= 4 is 0 Å². The standard InChI is InChI=1S/C8H12N4/c9-7-4-12(5-7)6-8-3-10-1-2-11-8/h1-3,7H,4-6,9H2. The molecule has 1 aromatic heterocycles. The van der Waals surface area contributed by atoms with Crippen molar-refractivity contribution in [3.63, 3.8) is 0 Å². The first-order valence-corrected chi connectivity index (χ1v) is 4.07. The Balaban J connectivity index is 1.88. The summed E-state index contributed by atoms with van der Waals surface area (Å²) in [6.07, 6.45) is 5.20. The van der Waals surface area contributed by atoms with Crippen molar-refractivity contribution in [2.75, 3.05) is 13.1 Å². The van der Waals surface area contributed by atoms with Gasteiger partial charge in [-0.2, -0.15) is 0 Å². The molecule has 4 heteroatoms. The largest absolute Gasteiger partial charge is 0.325 e. The number of aromatic nitrogens is 2. The van der Waals surface area contributed by atoms with E-state index in [1.54, 1.807) is 18.6 Å². The molecule has 4 nitrogen and oxygen atoms in total. The Hall–Kier alpha value is -1.00. The van der Waals surface area contributed by atoms with Gasteiger partial charge in [-0.25, -0.2) is 0 Å². The first kappa shape index (κ1) is 7.64. The van der Waals surface area contributed by atoms with Crippen LogP contribution in [-0.4, -0.2) is 34.0 Å². The average molecular weight is 164 g/mol. The van der Waals surface area contributed by atoms with E-state index in [0.717, 1.165) is 25.3 Å². The summed E-state index contributed by atoms with van der Waals surface area (Å²) in [5.41, 5.74) is 6.66. The minimum absolute atomic E-state index is 0.363. The lowest BCUT2D eigenvalue weighted by atomic mass is 10.1. The van der Waals surface area contributed by atoms with E-state index < -0.39 is 0 Å². The van der Waals surface area contributed by atoms with Crippen LogP contribution in [0.2, 0.25) is 0 Å². The highest BCUT2D eigenvalue weighted by Gasteiger charge is 2.22. The van der Waals surface area contributed by atoms with Crippen LogP contribution in [0.4, 0.5) is 0 Å². The van der Waals surface area contributed by atoms with E-state index in [9.17, 15) is 0 Å². The molecule has 0 aromatic carbocycles. The first-order chi connectivity index (χ1) is 5.84. The minimum atomic E-state index is 0.363. The number of hydrogen-bond donors (Lipinski definition) is 1. The summed E-state index contributed by atoms with van der Waals surface area (Å²) >= 11 is 0. The third-order valence-corrected chi connectivity index (χ3v) is 1.99. The van der Waals surface area contributed by atoms with Crippen molar-refractivity contribution in [2.45, 2.75) is 12.6 Å². The van der Waals surface area contributed by atoms with Gasteiger partial charge < -0.3 is 5.73 Å². The Morgan fingerprint density at radius 3 is 2.92 bits per heavy atom. The highest BCUT2D eigenvalue weighted by Crippen LogP contribution is 2.08. The maximum atomic E-state index is 5.64. The zero-order valence-electron chi connectivity index (χ0n) is 6.85. The zero-order chi connectivity index (χ0) is 8.39. The van der Waals surface area contributed by atoms with E-state index in [1.165, 1.54) is 0 Å². The summed E-state index contributed by atoms with van der Waals surface area (Å²) in [5.74, 6) is 0. The SMILES string of the molecule is NC1CN(Cc2cnccn2)C1. The van der Waals surface area contributed by atoms with Crippen LogP contribution in [0, 0.1) is 0 Å². The smallest absolute Gasteiger partial charge is 0.0726 e. The summed E-state index contributed by atoms with van der Waals surface area (Å²) in [5, 5.41) is 0. The number of nitrogens with zero attached hydrogens (tertiary/aromatic N) is 3. The Labute approximate surface area is 71.4 Å². The lowest BCUT2D eigenvalue weighted by Crippen LogP contribution is -2.54. The maximum Gasteiger partial charge on any atom is 0.0726 e. The van der Waals surface area contributed by atoms with Gasteiger partial charge in [-0.1, -0.05) is 0 Å². The van der Waals surface area contributed by atoms with Crippen LogP contribution in [0.1, 0.15) is 5.69 Å². The molecule has 0 bridgehead atoms. The molecule has 0 saturated carbocycles. The van der Waals surface area contributed by atoms with E-state index in [1.807, 2.05) is 0 Å².